The van der Waals surface area contributed by atoms with Crippen LogP contribution in [0, 0.1) is 5.92 Å². The maximum atomic E-state index is 6.03. The Balaban J connectivity index is 1.77. The molecule has 0 aliphatic carbocycles. The van der Waals surface area contributed by atoms with Crippen molar-refractivity contribution in [2.75, 3.05) is 0 Å². The molecule has 0 fully saturated rings. The van der Waals surface area contributed by atoms with E-state index in [2.05, 4.69) is 24.0 Å². The van der Waals surface area contributed by atoms with Gasteiger partial charge in [-0.2, -0.15) is 0 Å². The van der Waals surface area contributed by atoms with Crippen molar-refractivity contribution in [2.24, 2.45) is 5.92 Å². The van der Waals surface area contributed by atoms with Gasteiger partial charge in [-0.3, -0.25) is 4.98 Å². The standard InChI is InChI=1S/C17H19Cl2N/c1-13(6-9-15-4-2-3-11-20-15)5-7-14-8-10-16(18)17(19)12-14/h2-4,8,10-13H,5-7,9H2,1H3. The van der Waals surface area contributed by atoms with E-state index in [1.165, 1.54) is 17.7 Å². The molecule has 0 N–H and O–H groups in total. The fraction of sp³-hybridized carbons (Fsp3) is 0.353. The molecule has 1 unspecified atom stereocenters. The van der Waals surface area contributed by atoms with Gasteiger partial charge in [0.2, 0.25) is 0 Å². The number of hydrogen-bond donors (Lipinski definition) is 0. The Morgan fingerprint density at radius 3 is 2.50 bits per heavy atom. The van der Waals surface area contributed by atoms with Gasteiger partial charge in [-0.05, 0) is 61.4 Å². The molecule has 2 rings (SSSR count). The summed E-state index contributed by atoms with van der Waals surface area (Å²) in [7, 11) is 0. The number of hydrogen-bond acceptors (Lipinski definition) is 1. The van der Waals surface area contributed by atoms with Gasteiger partial charge in [0, 0.05) is 11.9 Å². The molecule has 0 spiro atoms. The maximum Gasteiger partial charge on any atom is 0.0595 e. The van der Waals surface area contributed by atoms with E-state index in [0.717, 1.165) is 19.3 Å². The fourth-order valence-electron chi connectivity index (χ4n) is 2.19. The normalized spacial score (nSPS) is 12.3. The summed E-state index contributed by atoms with van der Waals surface area (Å²) in [5.41, 5.74) is 2.43. The molecule has 2 aromatic rings. The molecule has 1 aromatic heterocycles. The Kier molecular flexibility index (Phi) is 5.87. The molecule has 3 heteroatoms. The Hall–Kier alpha value is -1.05. The summed E-state index contributed by atoms with van der Waals surface area (Å²) in [6.07, 6.45) is 6.27. The van der Waals surface area contributed by atoms with E-state index in [1.54, 1.807) is 0 Å². The van der Waals surface area contributed by atoms with Gasteiger partial charge in [0.1, 0.15) is 0 Å². The van der Waals surface area contributed by atoms with Crippen LogP contribution in [-0.2, 0) is 12.8 Å². The van der Waals surface area contributed by atoms with Crippen molar-refractivity contribution >= 4 is 23.2 Å². The number of pyridine rings is 1. The van der Waals surface area contributed by atoms with Crippen molar-refractivity contribution in [3.8, 4) is 0 Å². The third kappa shape index (κ3) is 4.81. The molecular formula is C17H19Cl2N. The van der Waals surface area contributed by atoms with Gasteiger partial charge in [0.05, 0.1) is 10.0 Å². The molecule has 0 aliphatic rings. The second-order valence-electron chi connectivity index (χ2n) is 5.25. The molecule has 1 nitrogen and oxygen atoms in total. The van der Waals surface area contributed by atoms with Crippen molar-refractivity contribution in [1.82, 2.24) is 4.98 Å². The smallest absolute Gasteiger partial charge is 0.0595 e. The van der Waals surface area contributed by atoms with Crippen LogP contribution in [0.15, 0.2) is 42.6 Å². The van der Waals surface area contributed by atoms with Gasteiger partial charge in [-0.1, -0.05) is 42.3 Å². The van der Waals surface area contributed by atoms with Gasteiger partial charge >= 0.3 is 0 Å². The molecule has 0 radical (unpaired) electrons. The van der Waals surface area contributed by atoms with E-state index in [0.29, 0.717) is 16.0 Å². The maximum absolute atomic E-state index is 6.03. The lowest BCUT2D eigenvalue weighted by atomic mass is 9.96. The number of nitrogens with zero attached hydrogens (tertiary/aromatic N) is 1. The first-order valence-electron chi connectivity index (χ1n) is 6.99. The van der Waals surface area contributed by atoms with Gasteiger partial charge < -0.3 is 0 Å². The van der Waals surface area contributed by atoms with Crippen LogP contribution in [0.4, 0.5) is 0 Å². The third-order valence-electron chi connectivity index (χ3n) is 3.53. The molecular weight excluding hydrogens is 289 g/mol. The molecule has 0 bridgehead atoms. The molecule has 0 aliphatic heterocycles. The average molecular weight is 308 g/mol. The second kappa shape index (κ2) is 7.66. The highest BCUT2D eigenvalue weighted by atomic mass is 35.5. The SMILES string of the molecule is CC(CCc1ccc(Cl)c(Cl)c1)CCc1ccccn1. The monoisotopic (exact) mass is 307 g/mol. The van der Waals surface area contributed by atoms with Crippen LogP contribution in [-0.4, -0.2) is 4.98 Å². The zero-order chi connectivity index (χ0) is 14.4. The van der Waals surface area contributed by atoms with E-state index < -0.39 is 0 Å². The van der Waals surface area contributed by atoms with Gasteiger partial charge in [-0.15, -0.1) is 0 Å². The fourth-order valence-corrected chi connectivity index (χ4v) is 2.51. The van der Waals surface area contributed by atoms with Crippen LogP contribution >= 0.6 is 23.2 Å². The van der Waals surface area contributed by atoms with Crippen LogP contribution in [0.25, 0.3) is 0 Å². The summed E-state index contributed by atoms with van der Waals surface area (Å²) < 4.78 is 0. The third-order valence-corrected chi connectivity index (χ3v) is 4.27. The number of aromatic nitrogens is 1. The van der Waals surface area contributed by atoms with E-state index in [4.69, 9.17) is 23.2 Å². The minimum absolute atomic E-state index is 0.624. The molecule has 1 atom stereocenters. The van der Waals surface area contributed by atoms with Crippen LogP contribution in [0.2, 0.25) is 10.0 Å². The largest absolute Gasteiger partial charge is 0.261 e. The topological polar surface area (TPSA) is 12.9 Å². The van der Waals surface area contributed by atoms with Crippen LogP contribution in [0.3, 0.4) is 0 Å². The predicted octanol–water partition coefficient (Wildman–Crippen LogP) is 5.59. The van der Waals surface area contributed by atoms with Gasteiger partial charge in [0.15, 0.2) is 0 Å². The summed E-state index contributed by atoms with van der Waals surface area (Å²) in [6, 6.07) is 12.0. The number of halogens is 2. The van der Waals surface area contributed by atoms with E-state index >= 15 is 0 Å². The van der Waals surface area contributed by atoms with Crippen molar-refractivity contribution in [1.29, 1.82) is 0 Å². The lowest BCUT2D eigenvalue weighted by molar-refractivity contribution is 0.490. The lowest BCUT2D eigenvalue weighted by Gasteiger charge is -2.11. The average Bonchev–Trinajstić information content (AvgIpc) is 2.47. The molecule has 0 saturated carbocycles. The summed E-state index contributed by atoms with van der Waals surface area (Å²) in [5.74, 6) is 0.673. The van der Waals surface area contributed by atoms with Crippen LogP contribution in [0.5, 0.6) is 0 Å². The van der Waals surface area contributed by atoms with Crippen LogP contribution in [0.1, 0.15) is 31.0 Å². The molecule has 0 amide bonds. The van der Waals surface area contributed by atoms with Crippen LogP contribution < -0.4 is 0 Å². The Morgan fingerprint density at radius 2 is 1.80 bits per heavy atom. The molecule has 0 saturated heterocycles. The minimum atomic E-state index is 0.624. The number of rotatable bonds is 6. The molecule has 1 aromatic carbocycles. The predicted molar refractivity (Wildman–Crippen MR) is 86.5 cm³/mol. The Bertz CT molecular complexity index is 540. The van der Waals surface area contributed by atoms with E-state index in [-0.39, 0.29) is 0 Å². The highest BCUT2D eigenvalue weighted by Gasteiger charge is 2.05. The zero-order valence-electron chi connectivity index (χ0n) is 11.7. The molecule has 1 heterocycles. The summed E-state index contributed by atoms with van der Waals surface area (Å²) in [4.78, 5) is 4.36. The van der Waals surface area contributed by atoms with Crippen molar-refractivity contribution in [3.05, 3.63) is 63.9 Å². The van der Waals surface area contributed by atoms with Gasteiger partial charge in [0.25, 0.3) is 0 Å². The zero-order valence-corrected chi connectivity index (χ0v) is 13.2. The van der Waals surface area contributed by atoms with E-state index in [1.807, 2.05) is 30.5 Å². The molecule has 20 heavy (non-hydrogen) atoms. The summed E-state index contributed by atoms with van der Waals surface area (Å²) in [5, 5.41) is 1.27. The van der Waals surface area contributed by atoms with Gasteiger partial charge in [-0.25, -0.2) is 0 Å². The van der Waals surface area contributed by atoms with Crippen molar-refractivity contribution in [2.45, 2.75) is 32.6 Å². The minimum Gasteiger partial charge on any atom is -0.261 e. The number of benzene rings is 1. The van der Waals surface area contributed by atoms with Crippen molar-refractivity contribution in [3.63, 3.8) is 0 Å². The highest BCUT2D eigenvalue weighted by Crippen LogP contribution is 2.24. The first kappa shape index (κ1) is 15.3. The van der Waals surface area contributed by atoms with Crippen molar-refractivity contribution < 1.29 is 0 Å². The first-order chi connectivity index (χ1) is 9.65. The Labute approximate surface area is 131 Å². The first-order valence-corrected chi connectivity index (χ1v) is 7.74. The van der Waals surface area contributed by atoms with E-state index in [9.17, 15) is 0 Å². The lowest BCUT2D eigenvalue weighted by Crippen LogP contribution is -2.01. The Morgan fingerprint density at radius 1 is 1.00 bits per heavy atom. The quantitative estimate of drug-likeness (QED) is 0.678. The number of aryl methyl sites for hydroxylation is 2. The highest BCUT2D eigenvalue weighted by molar-refractivity contribution is 6.42. The second-order valence-corrected chi connectivity index (χ2v) is 6.07. The molecule has 106 valence electrons. The summed E-state index contributed by atoms with van der Waals surface area (Å²) >= 11 is 12.0. The summed E-state index contributed by atoms with van der Waals surface area (Å²) in [6.45, 7) is 2.29.